The van der Waals surface area contributed by atoms with Gasteiger partial charge in [0.1, 0.15) is 11.2 Å². The Balaban J connectivity index is -0.000000752. The molecule has 46 heavy (non-hydrogen) atoms. The Morgan fingerprint density at radius 3 is 1.35 bits per heavy atom. The summed E-state index contributed by atoms with van der Waals surface area (Å²) >= 11 is 2.15. The number of ether oxygens (including phenoxy) is 2. The van der Waals surface area contributed by atoms with Crippen molar-refractivity contribution in [2.24, 2.45) is 11.8 Å². The Hall–Kier alpha value is -0.810. The quantitative estimate of drug-likeness (QED) is 0.141. The van der Waals surface area contributed by atoms with E-state index < -0.39 is 47.5 Å². The van der Waals surface area contributed by atoms with E-state index in [1.165, 1.54) is 7.05 Å². The summed E-state index contributed by atoms with van der Waals surface area (Å²) < 4.78 is 84.1. The van der Waals surface area contributed by atoms with Crippen molar-refractivity contribution in [3.63, 3.8) is 0 Å². The number of hydrogen-bond donors (Lipinski definition) is 1. The summed E-state index contributed by atoms with van der Waals surface area (Å²) in [5.41, 5.74) is -1.07. The summed E-state index contributed by atoms with van der Waals surface area (Å²) in [7, 11) is 1.19. The van der Waals surface area contributed by atoms with Gasteiger partial charge < -0.3 is 21.1 Å². The summed E-state index contributed by atoms with van der Waals surface area (Å²) in [4.78, 5) is 48.2. The van der Waals surface area contributed by atoms with Crippen LogP contribution in [0.15, 0.2) is 0 Å². The third-order valence-corrected chi connectivity index (χ3v) is 7.12. The third-order valence-electron chi connectivity index (χ3n) is 7.12. The Kier molecular flexibility index (Phi) is 21.2. The molecule has 266 valence electrons. The van der Waals surface area contributed by atoms with E-state index in [0.29, 0.717) is 51.4 Å². The van der Waals surface area contributed by atoms with Crippen LogP contribution in [0.4, 0.5) is 26.3 Å². The van der Waals surface area contributed by atoms with E-state index in [1.807, 2.05) is 10.2 Å². The van der Waals surface area contributed by atoms with E-state index in [1.54, 1.807) is 41.5 Å². The molecule has 0 spiro atoms. The second-order valence-corrected chi connectivity index (χ2v) is 13.4. The smallest absolute Gasteiger partial charge is 1.00 e. The van der Waals surface area contributed by atoms with Gasteiger partial charge in [-0.05, 0) is 110 Å². The largest absolute Gasteiger partial charge is 1.00 e. The maximum atomic E-state index is 12.4. The van der Waals surface area contributed by atoms with Crippen molar-refractivity contribution < 1.29 is 86.0 Å². The van der Waals surface area contributed by atoms with E-state index in [0.717, 1.165) is 4.90 Å². The van der Waals surface area contributed by atoms with E-state index in [4.69, 9.17) is 9.47 Å². The Morgan fingerprint density at radius 2 is 1.04 bits per heavy atom. The van der Waals surface area contributed by atoms with Gasteiger partial charge in [-0.1, -0.05) is 22.6 Å². The van der Waals surface area contributed by atoms with Gasteiger partial charge in [-0.3, -0.25) is 19.2 Å². The summed E-state index contributed by atoms with van der Waals surface area (Å²) in [6, 6.07) is -0.877. The van der Waals surface area contributed by atoms with Crippen molar-refractivity contribution in [1.29, 1.82) is 0 Å². The minimum Gasteiger partial charge on any atom is -1.00 e. The fourth-order valence-electron chi connectivity index (χ4n) is 5.12. The maximum absolute atomic E-state index is 12.4. The summed E-state index contributed by atoms with van der Waals surface area (Å²) in [6.07, 6.45) is -4.78. The molecule has 0 heterocycles. The number of amides is 2. The number of esters is 2. The number of nitrogens with zero attached hydrogens (tertiary/aromatic N) is 1. The Morgan fingerprint density at radius 1 is 0.696 bits per heavy atom. The minimum absolute atomic E-state index is 0. The summed E-state index contributed by atoms with van der Waals surface area (Å²) in [5, 5.41) is 1.99. The van der Waals surface area contributed by atoms with Crippen LogP contribution in [0, 0.1) is 11.8 Å². The van der Waals surface area contributed by atoms with Gasteiger partial charge >= 0.3 is 65.7 Å². The van der Waals surface area contributed by atoms with Crippen molar-refractivity contribution >= 4 is 46.3 Å². The molecule has 0 aliphatic heterocycles. The van der Waals surface area contributed by atoms with Crippen LogP contribution in [0.2, 0.25) is 0 Å². The third kappa shape index (κ3) is 20.5. The number of rotatable bonds is 6. The molecule has 0 atom stereocenters. The number of carbonyl (C=O) groups excluding carboxylic acids is 4. The van der Waals surface area contributed by atoms with Crippen LogP contribution >= 0.6 is 22.6 Å². The number of hydrogen-bond acceptors (Lipinski definition) is 6. The van der Waals surface area contributed by atoms with E-state index in [-0.39, 0.29) is 67.6 Å². The van der Waals surface area contributed by atoms with Gasteiger partial charge in [0, 0.05) is 32.0 Å². The normalized spacial score (nSPS) is 21.9. The van der Waals surface area contributed by atoms with Crippen LogP contribution < -0.4 is 34.9 Å². The zero-order valence-electron chi connectivity index (χ0n) is 29.4. The van der Waals surface area contributed by atoms with Crippen LogP contribution in [0.1, 0.15) is 107 Å². The SMILES string of the molecule is CC(C)(C)OC(=O)CC1CCC(NC(=O)C(F)(F)F)CC1.CI.CN(C(=O)C(F)(F)F)C1CCC(CC(=O)OC(C)(C)C)CC1.[H-].[Na+]. The molecule has 2 aliphatic rings. The van der Waals surface area contributed by atoms with Crippen molar-refractivity contribution in [2.75, 3.05) is 12.0 Å². The second kappa shape index (κ2) is 20.6. The number of halogens is 7. The molecule has 0 unspecified atom stereocenters. The van der Waals surface area contributed by atoms with Crippen molar-refractivity contribution in [1.82, 2.24) is 10.2 Å². The predicted molar refractivity (Wildman–Crippen MR) is 166 cm³/mol. The molecule has 2 amide bonds. The van der Waals surface area contributed by atoms with Gasteiger partial charge in [-0.25, -0.2) is 0 Å². The van der Waals surface area contributed by atoms with E-state index in [2.05, 4.69) is 22.6 Å². The molecular formula is C30H50F6IN2NaO6. The molecule has 2 rings (SSSR count). The Labute approximate surface area is 306 Å². The predicted octanol–water partition coefficient (Wildman–Crippen LogP) is 4.42. The fourth-order valence-corrected chi connectivity index (χ4v) is 5.12. The zero-order valence-corrected chi connectivity index (χ0v) is 32.6. The molecule has 0 bridgehead atoms. The number of alkyl halides is 7. The van der Waals surface area contributed by atoms with E-state index >= 15 is 0 Å². The average molecular weight is 799 g/mol. The van der Waals surface area contributed by atoms with Crippen molar-refractivity contribution in [2.45, 2.75) is 141 Å². The van der Waals surface area contributed by atoms with Gasteiger partial charge in [0.2, 0.25) is 0 Å². The molecule has 0 aromatic rings. The molecule has 0 aromatic carbocycles. The molecule has 8 nitrogen and oxygen atoms in total. The van der Waals surface area contributed by atoms with Crippen molar-refractivity contribution in [3.8, 4) is 0 Å². The summed E-state index contributed by atoms with van der Waals surface area (Å²) in [5.74, 6) is -4.04. The first-order chi connectivity index (χ1) is 20.4. The standard InChI is InChI=1S/C15H24F3NO3.C14H22F3NO3.CH3I.Na.H/c1-14(2,3)22-12(20)9-10-5-7-11(8-6-10)19(4)13(21)15(16,17)18;1-13(2,3)21-11(19)8-9-4-6-10(7-5-9)18-12(20)14(15,16)17;1-2;;/h10-11H,5-9H2,1-4H3;9-10H,4-8H2,1-3H3,(H,18,20);1H3;;/q;;;+1;-1. The van der Waals surface area contributed by atoms with Gasteiger partial charge in [-0.2, -0.15) is 26.3 Å². The molecule has 0 saturated heterocycles. The first-order valence-corrected chi connectivity index (χ1v) is 17.1. The maximum Gasteiger partial charge on any atom is 1.00 e. The van der Waals surface area contributed by atoms with E-state index in [9.17, 15) is 45.5 Å². The van der Waals surface area contributed by atoms with Gasteiger partial charge in [-0.15, -0.1) is 0 Å². The van der Waals surface area contributed by atoms with Crippen LogP contribution in [-0.4, -0.2) is 76.3 Å². The van der Waals surface area contributed by atoms with Gasteiger partial charge in [0.25, 0.3) is 0 Å². The van der Waals surface area contributed by atoms with Crippen LogP contribution in [0.5, 0.6) is 0 Å². The molecule has 16 heteroatoms. The number of carbonyl (C=O) groups is 4. The molecule has 2 saturated carbocycles. The van der Waals surface area contributed by atoms with Crippen LogP contribution in [-0.2, 0) is 28.7 Å². The van der Waals surface area contributed by atoms with Crippen LogP contribution in [0.25, 0.3) is 0 Å². The topological polar surface area (TPSA) is 102 Å². The van der Waals surface area contributed by atoms with Crippen molar-refractivity contribution in [3.05, 3.63) is 0 Å². The van der Waals surface area contributed by atoms with Gasteiger partial charge in [0.15, 0.2) is 0 Å². The van der Waals surface area contributed by atoms with Crippen LogP contribution in [0.3, 0.4) is 0 Å². The number of nitrogens with one attached hydrogen (secondary N) is 1. The molecule has 0 radical (unpaired) electrons. The molecule has 0 aromatic heterocycles. The second-order valence-electron chi connectivity index (χ2n) is 13.4. The van der Waals surface area contributed by atoms with Gasteiger partial charge in [0.05, 0.1) is 0 Å². The monoisotopic (exact) mass is 798 g/mol. The fraction of sp³-hybridized carbons (Fsp3) is 0.867. The summed E-state index contributed by atoms with van der Waals surface area (Å²) in [6.45, 7) is 10.7. The first kappa shape index (κ1) is 47.3. The Bertz CT molecular complexity index is 960. The zero-order chi connectivity index (χ0) is 35.4. The molecule has 2 fully saturated rings. The average Bonchev–Trinajstić information content (AvgIpc) is 2.87. The molecule has 2 aliphatic carbocycles. The first-order valence-electron chi connectivity index (χ1n) is 14.9. The molecular weight excluding hydrogens is 748 g/mol. The minimum atomic E-state index is -4.84. The molecule has 1 N–H and O–H groups in total.